The van der Waals surface area contributed by atoms with E-state index in [0.717, 1.165) is 36.2 Å². The summed E-state index contributed by atoms with van der Waals surface area (Å²) in [5.74, 6) is -0.147. The molecule has 3 aromatic rings. The first-order valence-electron chi connectivity index (χ1n) is 10.8. The van der Waals surface area contributed by atoms with Crippen LogP contribution in [0.4, 0.5) is 10.5 Å². The Balaban J connectivity index is 1.38. The molecule has 0 unspecified atom stereocenters. The van der Waals surface area contributed by atoms with Crippen LogP contribution in [0.1, 0.15) is 27.9 Å². The Kier molecular flexibility index (Phi) is 7.07. The maximum Gasteiger partial charge on any atom is 0.324 e. The van der Waals surface area contributed by atoms with Crippen molar-refractivity contribution in [1.82, 2.24) is 10.2 Å². The van der Waals surface area contributed by atoms with Crippen LogP contribution in [-0.2, 0) is 13.0 Å². The van der Waals surface area contributed by atoms with Crippen LogP contribution < -0.4 is 10.2 Å². The molecule has 0 saturated carbocycles. The third-order valence-corrected chi connectivity index (χ3v) is 5.81. The molecule has 4 rings (SSSR count). The fourth-order valence-corrected chi connectivity index (χ4v) is 3.99. The molecule has 5 nitrogen and oxygen atoms in total. The molecule has 0 radical (unpaired) electrons. The number of rotatable bonds is 7. The standard InChI is InChI=1S/C26H26ClN3O2/c27-23-12-10-20(11-13-23)14-15-28-25(31)22-8-4-9-24(18-22)30-17-5-16-29(26(30)32)19-21-6-2-1-3-7-21/h1-4,6-13,18H,5,14-17,19H2,(H,28,31). The minimum Gasteiger partial charge on any atom is -0.352 e. The Morgan fingerprint density at radius 3 is 2.47 bits per heavy atom. The molecule has 0 aromatic heterocycles. The number of hydrogen-bond donors (Lipinski definition) is 1. The molecule has 3 aromatic carbocycles. The molecule has 1 heterocycles. The highest BCUT2D eigenvalue weighted by Crippen LogP contribution is 2.22. The molecular formula is C26H26ClN3O2. The summed E-state index contributed by atoms with van der Waals surface area (Å²) >= 11 is 5.91. The van der Waals surface area contributed by atoms with E-state index in [9.17, 15) is 9.59 Å². The van der Waals surface area contributed by atoms with Crippen LogP contribution in [0.5, 0.6) is 0 Å². The molecule has 3 amide bonds. The third-order valence-electron chi connectivity index (χ3n) is 5.56. The minimum absolute atomic E-state index is 0.0274. The largest absolute Gasteiger partial charge is 0.352 e. The summed E-state index contributed by atoms with van der Waals surface area (Å²) < 4.78 is 0. The molecular weight excluding hydrogens is 422 g/mol. The zero-order valence-corrected chi connectivity index (χ0v) is 18.6. The van der Waals surface area contributed by atoms with Crippen LogP contribution in [0.15, 0.2) is 78.9 Å². The highest BCUT2D eigenvalue weighted by Gasteiger charge is 2.27. The van der Waals surface area contributed by atoms with Gasteiger partial charge < -0.3 is 10.2 Å². The molecule has 164 valence electrons. The van der Waals surface area contributed by atoms with Gasteiger partial charge in [0.25, 0.3) is 5.91 Å². The molecule has 6 heteroatoms. The van der Waals surface area contributed by atoms with Gasteiger partial charge in [0, 0.05) is 42.5 Å². The van der Waals surface area contributed by atoms with Crippen LogP contribution in [0.2, 0.25) is 5.02 Å². The van der Waals surface area contributed by atoms with Gasteiger partial charge in [-0.05, 0) is 54.3 Å². The average Bonchev–Trinajstić information content (AvgIpc) is 2.82. The second-order valence-electron chi connectivity index (χ2n) is 7.88. The van der Waals surface area contributed by atoms with Crippen molar-refractivity contribution >= 4 is 29.2 Å². The van der Waals surface area contributed by atoms with Crippen LogP contribution >= 0.6 is 11.6 Å². The number of nitrogens with one attached hydrogen (secondary N) is 1. The molecule has 1 aliphatic rings. The lowest BCUT2D eigenvalue weighted by molar-refractivity contribution is 0.0954. The molecule has 0 bridgehead atoms. The van der Waals surface area contributed by atoms with Crippen molar-refractivity contribution in [3.63, 3.8) is 0 Å². The van der Waals surface area contributed by atoms with E-state index in [1.54, 1.807) is 17.0 Å². The van der Waals surface area contributed by atoms with Crippen molar-refractivity contribution in [3.05, 3.63) is 101 Å². The van der Waals surface area contributed by atoms with Gasteiger partial charge in [-0.25, -0.2) is 4.79 Å². The Bertz CT molecular complexity index is 1070. The van der Waals surface area contributed by atoms with Gasteiger partial charge in [-0.2, -0.15) is 0 Å². The lowest BCUT2D eigenvalue weighted by Gasteiger charge is -2.35. The van der Waals surface area contributed by atoms with E-state index in [1.165, 1.54) is 0 Å². The number of amides is 3. The monoisotopic (exact) mass is 447 g/mol. The van der Waals surface area contributed by atoms with Gasteiger partial charge in [0.05, 0.1) is 0 Å². The Morgan fingerprint density at radius 2 is 1.69 bits per heavy atom. The summed E-state index contributed by atoms with van der Waals surface area (Å²) in [6.45, 7) is 2.49. The van der Waals surface area contributed by atoms with Crippen molar-refractivity contribution in [3.8, 4) is 0 Å². The number of anilines is 1. The number of nitrogens with zero attached hydrogens (tertiary/aromatic N) is 2. The Hall–Kier alpha value is -3.31. The van der Waals surface area contributed by atoms with Gasteiger partial charge in [0.2, 0.25) is 0 Å². The molecule has 1 saturated heterocycles. The van der Waals surface area contributed by atoms with E-state index in [-0.39, 0.29) is 11.9 Å². The molecule has 1 aliphatic heterocycles. The predicted molar refractivity (Wildman–Crippen MR) is 128 cm³/mol. The van der Waals surface area contributed by atoms with Crippen LogP contribution in [0, 0.1) is 0 Å². The quantitative estimate of drug-likeness (QED) is 0.545. The first-order valence-corrected chi connectivity index (χ1v) is 11.2. The summed E-state index contributed by atoms with van der Waals surface area (Å²) in [7, 11) is 0. The van der Waals surface area contributed by atoms with Crippen molar-refractivity contribution in [2.45, 2.75) is 19.4 Å². The third kappa shape index (κ3) is 5.48. The first kappa shape index (κ1) is 21.9. The van der Waals surface area contributed by atoms with Gasteiger partial charge in [0.15, 0.2) is 0 Å². The smallest absolute Gasteiger partial charge is 0.324 e. The highest BCUT2D eigenvalue weighted by molar-refractivity contribution is 6.30. The second kappa shape index (κ2) is 10.3. The van der Waals surface area contributed by atoms with Gasteiger partial charge in [-0.15, -0.1) is 0 Å². The summed E-state index contributed by atoms with van der Waals surface area (Å²) in [5.41, 5.74) is 3.52. The van der Waals surface area contributed by atoms with Crippen molar-refractivity contribution < 1.29 is 9.59 Å². The van der Waals surface area contributed by atoms with E-state index in [0.29, 0.717) is 30.2 Å². The highest BCUT2D eigenvalue weighted by atomic mass is 35.5. The SMILES string of the molecule is O=C(NCCc1ccc(Cl)cc1)c1cccc(N2CCCN(Cc3ccccc3)C2=O)c1. The van der Waals surface area contributed by atoms with E-state index in [2.05, 4.69) is 5.32 Å². The lowest BCUT2D eigenvalue weighted by atomic mass is 10.1. The topological polar surface area (TPSA) is 52.7 Å². The number of hydrogen-bond acceptors (Lipinski definition) is 2. The number of urea groups is 1. The Morgan fingerprint density at radius 1 is 0.906 bits per heavy atom. The van der Waals surface area contributed by atoms with Crippen molar-refractivity contribution in [2.75, 3.05) is 24.5 Å². The zero-order chi connectivity index (χ0) is 22.3. The fraction of sp³-hybridized carbons (Fsp3) is 0.231. The van der Waals surface area contributed by atoms with Crippen LogP contribution in [0.3, 0.4) is 0 Å². The normalized spacial score (nSPS) is 13.8. The number of benzene rings is 3. The molecule has 1 N–H and O–H groups in total. The summed E-state index contributed by atoms with van der Waals surface area (Å²) in [4.78, 5) is 29.4. The molecule has 0 spiro atoms. The van der Waals surface area contributed by atoms with Crippen molar-refractivity contribution in [2.24, 2.45) is 0 Å². The number of carbonyl (C=O) groups is 2. The number of halogens is 1. The summed E-state index contributed by atoms with van der Waals surface area (Å²) in [6, 6.07) is 24.9. The van der Waals surface area contributed by atoms with E-state index < -0.39 is 0 Å². The summed E-state index contributed by atoms with van der Waals surface area (Å²) in [6.07, 6.45) is 1.61. The van der Waals surface area contributed by atoms with E-state index in [1.807, 2.05) is 71.6 Å². The van der Waals surface area contributed by atoms with Crippen LogP contribution in [0.25, 0.3) is 0 Å². The molecule has 0 atom stereocenters. The average molecular weight is 448 g/mol. The molecule has 0 aliphatic carbocycles. The minimum atomic E-state index is -0.147. The van der Waals surface area contributed by atoms with Gasteiger partial charge in [-0.3, -0.25) is 9.69 Å². The first-order chi connectivity index (χ1) is 15.6. The van der Waals surface area contributed by atoms with Gasteiger partial charge >= 0.3 is 6.03 Å². The predicted octanol–water partition coefficient (Wildman–Crippen LogP) is 5.14. The van der Waals surface area contributed by atoms with E-state index >= 15 is 0 Å². The molecule has 1 fully saturated rings. The second-order valence-corrected chi connectivity index (χ2v) is 8.31. The maximum atomic E-state index is 13.1. The maximum absolute atomic E-state index is 13.1. The van der Waals surface area contributed by atoms with Gasteiger partial charge in [-0.1, -0.05) is 60.1 Å². The lowest BCUT2D eigenvalue weighted by Crippen LogP contribution is -2.49. The summed E-state index contributed by atoms with van der Waals surface area (Å²) in [5, 5.41) is 3.66. The zero-order valence-electron chi connectivity index (χ0n) is 17.8. The Labute approximate surface area is 193 Å². The van der Waals surface area contributed by atoms with Crippen molar-refractivity contribution in [1.29, 1.82) is 0 Å². The van der Waals surface area contributed by atoms with Crippen LogP contribution in [-0.4, -0.2) is 36.5 Å². The number of carbonyl (C=O) groups excluding carboxylic acids is 2. The fourth-order valence-electron chi connectivity index (χ4n) is 3.86. The molecule has 32 heavy (non-hydrogen) atoms. The van der Waals surface area contributed by atoms with E-state index in [4.69, 9.17) is 11.6 Å². The van der Waals surface area contributed by atoms with Gasteiger partial charge in [0.1, 0.15) is 0 Å².